The highest BCUT2D eigenvalue weighted by Gasteiger charge is 2.09. The van der Waals surface area contributed by atoms with E-state index in [4.69, 9.17) is 4.42 Å². The molecule has 0 saturated carbocycles. The number of rotatable bonds is 3. The molecule has 16 heavy (non-hydrogen) atoms. The summed E-state index contributed by atoms with van der Waals surface area (Å²) in [5.41, 5.74) is 1.55. The molecule has 0 aliphatic rings. The Labute approximate surface area is 93.7 Å². The molecule has 5 nitrogen and oxygen atoms in total. The molecule has 2 aromatic heterocycles. The summed E-state index contributed by atoms with van der Waals surface area (Å²) in [6, 6.07) is 1.79. The van der Waals surface area contributed by atoms with E-state index in [-0.39, 0.29) is 0 Å². The van der Waals surface area contributed by atoms with Gasteiger partial charge < -0.3 is 9.52 Å². The summed E-state index contributed by atoms with van der Waals surface area (Å²) in [6.45, 7) is 5.97. The highest BCUT2D eigenvalue weighted by Crippen LogP contribution is 2.11. The van der Waals surface area contributed by atoms with Crippen molar-refractivity contribution < 1.29 is 9.52 Å². The van der Waals surface area contributed by atoms with Gasteiger partial charge in [-0.15, -0.1) is 0 Å². The largest absolute Gasteiger partial charge is 0.444 e. The number of hydrogen-bond donors (Lipinski definition) is 1. The van der Waals surface area contributed by atoms with Crippen LogP contribution in [0.1, 0.15) is 36.1 Å². The summed E-state index contributed by atoms with van der Waals surface area (Å²) in [6.07, 6.45) is 1.26. The summed E-state index contributed by atoms with van der Waals surface area (Å²) in [7, 11) is 0. The van der Waals surface area contributed by atoms with E-state index in [9.17, 15) is 5.11 Å². The van der Waals surface area contributed by atoms with Crippen LogP contribution < -0.4 is 0 Å². The lowest BCUT2D eigenvalue weighted by Crippen LogP contribution is -2.02. The first-order valence-electron chi connectivity index (χ1n) is 5.20. The van der Waals surface area contributed by atoms with E-state index in [1.54, 1.807) is 23.9 Å². The number of aliphatic hydroxyl groups is 1. The number of hydrogen-bond acceptors (Lipinski definition) is 4. The van der Waals surface area contributed by atoms with Crippen LogP contribution in [0.4, 0.5) is 0 Å². The van der Waals surface area contributed by atoms with E-state index in [0.717, 1.165) is 11.5 Å². The zero-order valence-electron chi connectivity index (χ0n) is 9.64. The standard InChI is InChI=1S/C11H15N3O2/c1-7-9(3)16-11(12-7)6-14-5-4-10(13-14)8(2)15/h4-5,8,15H,6H2,1-3H3/t8-/m1/s1. The lowest BCUT2D eigenvalue weighted by molar-refractivity contribution is 0.193. The Morgan fingerprint density at radius 1 is 1.50 bits per heavy atom. The molecule has 0 amide bonds. The van der Waals surface area contributed by atoms with Gasteiger partial charge in [0.25, 0.3) is 0 Å². The molecule has 1 atom stereocenters. The van der Waals surface area contributed by atoms with Crippen molar-refractivity contribution in [3.8, 4) is 0 Å². The fraction of sp³-hybridized carbons (Fsp3) is 0.455. The van der Waals surface area contributed by atoms with Crippen molar-refractivity contribution >= 4 is 0 Å². The summed E-state index contributed by atoms with van der Waals surface area (Å²) in [5, 5.41) is 13.5. The first-order valence-corrected chi connectivity index (χ1v) is 5.20. The minimum atomic E-state index is -0.547. The lowest BCUT2D eigenvalue weighted by atomic mass is 10.3. The molecule has 0 spiro atoms. The van der Waals surface area contributed by atoms with Gasteiger partial charge >= 0.3 is 0 Å². The van der Waals surface area contributed by atoms with Crippen molar-refractivity contribution in [3.63, 3.8) is 0 Å². The third-order valence-corrected chi connectivity index (χ3v) is 2.46. The molecule has 0 aliphatic heterocycles. The van der Waals surface area contributed by atoms with Crippen LogP contribution in [-0.4, -0.2) is 19.9 Å². The molecule has 5 heteroatoms. The second-order valence-electron chi connectivity index (χ2n) is 3.86. The van der Waals surface area contributed by atoms with Gasteiger partial charge in [-0.3, -0.25) is 4.68 Å². The average Bonchev–Trinajstić information content (AvgIpc) is 2.76. The quantitative estimate of drug-likeness (QED) is 0.854. The van der Waals surface area contributed by atoms with Crippen molar-refractivity contribution in [1.29, 1.82) is 0 Å². The van der Waals surface area contributed by atoms with Gasteiger partial charge in [-0.1, -0.05) is 0 Å². The van der Waals surface area contributed by atoms with Crippen LogP contribution in [-0.2, 0) is 6.54 Å². The molecular formula is C11H15N3O2. The highest BCUT2D eigenvalue weighted by molar-refractivity contribution is 5.06. The van der Waals surface area contributed by atoms with E-state index in [2.05, 4.69) is 10.1 Å². The predicted octanol–water partition coefficient (Wildman–Crippen LogP) is 1.59. The normalized spacial score (nSPS) is 13.0. The van der Waals surface area contributed by atoms with E-state index in [0.29, 0.717) is 18.1 Å². The van der Waals surface area contributed by atoms with Crippen LogP contribution in [0.25, 0.3) is 0 Å². The first kappa shape index (κ1) is 10.9. The summed E-state index contributed by atoms with van der Waals surface area (Å²) >= 11 is 0. The lowest BCUT2D eigenvalue weighted by Gasteiger charge is -1.98. The van der Waals surface area contributed by atoms with Crippen LogP contribution >= 0.6 is 0 Å². The molecule has 1 N–H and O–H groups in total. The molecular weight excluding hydrogens is 206 g/mol. The van der Waals surface area contributed by atoms with Gasteiger partial charge in [0.15, 0.2) is 0 Å². The maximum absolute atomic E-state index is 9.34. The Hall–Kier alpha value is -1.62. The molecule has 0 radical (unpaired) electrons. The van der Waals surface area contributed by atoms with Crippen LogP contribution in [0.2, 0.25) is 0 Å². The summed E-state index contributed by atoms with van der Waals surface area (Å²) in [5.74, 6) is 1.47. The number of aryl methyl sites for hydroxylation is 2. The van der Waals surface area contributed by atoms with Crippen molar-refractivity contribution in [2.24, 2.45) is 0 Å². The maximum Gasteiger partial charge on any atom is 0.216 e. The molecule has 0 bridgehead atoms. The smallest absolute Gasteiger partial charge is 0.216 e. The Balaban J connectivity index is 2.14. The van der Waals surface area contributed by atoms with Gasteiger partial charge in [0.05, 0.1) is 17.5 Å². The molecule has 0 unspecified atom stereocenters. The Bertz CT molecular complexity index is 466. The number of nitrogens with zero attached hydrogens (tertiary/aromatic N) is 3. The highest BCUT2D eigenvalue weighted by atomic mass is 16.4. The maximum atomic E-state index is 9.34. The van der Waals surface area contributed by atoms with Gasteiger partial charge in [-0.05, 0) is 26.8 Å². The summed E-state index contributed by atoms with van der Waals surface area (Å²) < 4.78 is 7.15. The second kappa shape index (κ2) is 4.09. The number of aliphatic hydroxyl groups excluding tert-OH is 1. The zero-order chi connectivity index (χ0) is 11.7. The van der Waals surface area contributed by atoms with Gasteiger partial charge in [-0.25, -0.2) is 4.98 Å². The van der Waals surface area contributed by atoms with Crippen molar-refractivity contribution in [3.05, 3.63) is 35.3 Å². The molecule has 0 aliphatic carbocycles. The Kier molecular flexibility index (Phi) is 2.78. The van der Waals surface area contributed by atoms with Gasteiger partial charge in [-0.2, -0.15) is 5.10 Å². The topological polar surface area (TPSA) is 64.1 Å². The van der Waals surface area contributed by atoms with Crippen LogP contribution in [0.3, 0.4) is 0 Å². The minimum Gasteiger partial charge on any atom is -0.444 e. The van der Waals surface area contributed by atoms with Gasteiger partial charge in [0.1, 0.15) is 12.3 Å². The van der Waals surface area contributed by atoms with Crippen LogP contribution in [0.5, 0.6) is 0 Å². The van der Waals surface area contributed by atoms with Crippen LogP contribution in [0.15, 0.2) is 16.7 Å². The van der Waals surface area contributed by atoms with Crippen LogP contribution in [0, 0.1) is 13.8 Å². The van der Waals surface area contributed by atoms with E-state index in [1.165, 1.54) is 0 Å². The molecule has 2 aromatic rings. The number of aromatic nitrogens is 3. The Morgan fingerprint density at radius 3 is 2.75 bits per heavy atom. The molecule has 0 saturated heterocycles. The van der Waals surface area contributed by atoms with Gasteiger partial charge in [0, 0.05) is 6.20 Å². The van der Waals surface area contributed by atoms with Crippen molar-refractivity contribution in [2.45, 2.75) is 33.4 Å². The second-order valence-corrected chi connectivity index (χ2v) is 3.86. The fourth-order valence-corrected chi connectivity index (χ4v) is 1.43. The SMILES string of the molecule is Cc1nc(Cn2ccc([C@@H](C)O)n2)oc1C. The zero-order valence-corrected chi connectivity index (χ0v) is 9.64. The predicted molar refractivity (Wildman–Crippen MR) is 57.9 cm³/mol. The molecule has 2 rings (SSSR count). The van der Waals surface area contributed by atoms with Gasteiger partial charge in [0.2, 0.25) is 5.89 Å². The number of oxazole rings is 1. The van der Waals surface area contributed by atoms with Crippen molar-refractivity contribution in [2.75, 3.05) is 0 Å². The molecule has 0 fully saturated rings. The minimum absolute atomic E-state index is 0.488. The molecule has 0 aromatic carbocycles. The monoisotopic (exact) mass is 221 g/mol. The first-order chi connectivity index (χ1) is 7.56. The van der Waals surface area contributed by atoms with E-state index >= 15 is 0 Å². The molecule has 2 heterocycles. The average molecular weight is 221 g/mol. The van der Waals surface area contributed by atoms with Crippen molar-refractivity contribution in [1.82, 2.24) is 14.8 Å². The Morgan fingerprint density at radius 2 is 2.25 bits per heavy atom. The third kappa shape index (κ3) is 2.14. The third-order valence-electron chi connectivity index (χ3n) is 2.46. The molecule has 86 valence electrons. The van der Waals surface area contributed by atoms with E-state index in [1.807, 2.05) is 13.8 Å². The fourth-order valence-electron chi connectivity index (χ4n) is 1.43. The van der Waals surface area contributed by atoms with E-state index < -0.39 is 6.10 Å². The summed E-state index contributed by atoms with van der Waals surface area (Å²) in [4.78, 5) is 4.27.